The van der Waals surface area contributed by atoms with Crippen LogP contribution in [0, 0.1) is 5.82 Å². The van der Waals surface area contributed by atoms with E-state index in [1.807, 2.05) is 0 Å². The maximum atomic E-state index is 13.1. The Hall–Kier alpha value is -2.14. The molecule has 4 nitrogen and oxygen atoms in total. The van der Waals surface area contributed by atoms with Gasteiger partial charge >= 0.3 is 0 Å². The Labute approximate surface area is 121 Å². The van der Waals surface area contributed by atoms with Crippen molar-refractivity contribution in [3.63, 3.8) is 0 Å². The zero-order chi connectivity index (χ0) is 14.9. The lowest BCUT2D eigenvalue weighted by molar-refractivity contribution is 0.0169. The third-order valence-corrected chi connectivity index (χ3v) is 3.87. The van der Waals surface area contributed by atoms with Gasteiger partial charge < -0.3 is 14.8 Å². The van der Waals surface area contributed by atoms with Gasteiger partial charge in [0.25, 0.3) is 5.91 Å². The van der Waals surface area contributed by atoms with Crippen molar-refractivity contribution >= 4 is 5.91 Å². The summed E-state index contributed by atoms with van der Waals surface area (Å²) in [5, 5.41) is 13.4. The summed E-state index contributed by atoms with van der Waals surface area (Å²) in [6, 6.07) is 7.20. The number of aliphatic hydroxyl groups is 1. The summed E-state index contributed by atoms with van der Waals surface area (Å²) < 4.78 is 18.4. The minimum atomic E-state index is -1.12. The van der Waals surface area contributed by atoms with Crippen molar-refractivity contribution in [2.75, 3.05) is 6.54 Å². The van der Waals surface area contributed by atoms with Crippen molar-refractivity contribution in [1.29, 1.82) is 0 Å². The van der Waals surface area contributed by atoms with E-state index in [2.05, 4.69) is 5.32 Å². The van der Waals surface area contributed by atoms with Crippen LogP contribution in [0.5, 0.6) is 0 Å². The second kappa shape index (κ2) is 5.33. The molecule has 0 aliphatic heterocycles. The lowest BCUT2D eigenvalue weighted by atomic mass is 9.83. The maximum Gasteiger partial charge on any atom is 0.251 e. The monoisotopic (exact) mass is 289 g/mol. The second-order valence-corrected chi connectivity index (χ2v) is 5.34. The summed E-state index contributed by atoms with van der Waals surface area (Å²) >= 11 is 0. The normalized spacial score (nSPS) is 20.9. The average Bonchev–Trinajstić information content (AvgIpc) is 2.95. The number of nitrogens with one attached hydrogen (secondary N) is 1. The van der Waals surface area contributed by atoms with Crippen LogP contribution < -0.4 is 5.32 Å². The highest BCUT2D eigenvalue weighted by molar-refractivity contribution is 5.94. The number of carbonyl (C=O) groups excluding carboxylic acids is 1. The first-order chi connectivity index (χ1) is 10.1. The molecular weight excluding hydrogens is 273 g/mol. The highest BCUT2D eigenvalue weighted by atomic mass is 19.1. The topological polar surface area (TPSA) is 62.5 Å². The molecular formula is C16H16FNO3. The van der Waals surface area contributed by atoms with Crippen LogP contribution in [0.1, 0.15) is 34.5 Å². The second-order valence-electron chi connectivity index (χ2n) is 5.34. The molecule has 1 aromatic carbocycles. The number of fused-ring (bicyclic) bond motifs is 1. The van der Waals surface area contributed by atoms with Gasteiger partial charge in [-0.3, -0.25) is 4.79 Å². The van der Waals surface area contributed by atoms with Gasteiger partial charge in [0.1, 0.15) is 17.2 Å². The molecule has 1 heterocycles. The first kappa shape index (κ1) is 13.8. The number of carbonyl (C=O) groups is 1. The molecule has 0 saturated carbocycles. The van der Waals surface area contributed by atoms with E-state index in [1.165, 1.54) is 24.3 Å². The van der Waals surface area contributed by atoms with Crippen LogP contribution in [0.3, 0.4) is 0 Å². The summed E-state index contributed by atoms with van der Waals surface area (Å²) in [5.41, 5.74) is -0.154. The molecule has 21 heavy (non-hydrogen) atoms. The highest BCUT2D eigenvalue weighted by Gasteiger charge is 2.36. The molecule has 0 fully saturated rings. The van der Waals surface area contributed by atoms with Crippen molar-refractivity contribution in [1.82, 2.24) is 5.32 Å². The molecule has 0 unspecified atom stereocenters. The molecule has 0 saturated heterocycles. The van der Waals surface area contributed by atoms with Gasteiger partial charge in [0.05, 0.1) is 12.8 Å². The Morgan fingerprint density at radius 3 is 3.10 bits per heavy atom. The van der Waals surface area contributed by atoms with Gasteiger partial charge in [-0.1, -0.05) is 6.07 Å². The molecule has 3 rings (SSSR count). The molecule has 2 aromatic rings. The third-order valence-electron chi connectivity index (χ3n) is 3.87. The summed E-state index contributed by atoms with van der Waals surface area (Å²) in [6.07, 6.45) is 3.70. The number of amides is 1. The van der Waals surface area contributed by atoms with Gasteiger partial charge in [-0.25, -0.2) is 4.39 Å². The molecule has 1 aliphatic rings. The largest absolute Gasteiger partial charge is 0.469 e. The summed E-state index contributed by atoms with van der Waals surface area (Å²) in [6.45, 7) is 0.0783. The summed E-state index contributed by atoms with van der Waals surface area (Å²) in [7, 11) is 0. The van der Waals surface area contributed by atoms with E-state index in [9.17, 15) is 14.3 Å². The van der Waals surface area contributed by atoms with Gasteiger partial charge in [-0.15, -0.1) is 0 Å². The minimum absolute atomic E-state index is 0.0783. The van der Waals surface area contributed by atoms with Gasteiger partial charge in [0.15, 0.2) is 0 Å². The molecule has 1 aromatic heterocycles. The van der Waals surface area contributed by atoms with Gasteiger partial charge in [-0.2, -0.15) is 0 Å². The first-order valence-electron chi connectivity index (χ1n) is 6.91. The van der Waals surface area contributed by atoms with Crippen LogP contribution in [0.25, 0.3) is 0 Å². The Morgan fingerprint density at radius 1 is 1.43 bits per heavy atom. The van der Waals surface area contributed by atoms with Crippen LogP contribution in [-0.4, -0.2) is 17.6 Å². The number of halogens is 1. The van der Waals surface area contributed by atoms with Crippen LogP contribution in [0.4, 0.5) is 4.39 Å². The SMILES string of the molecule is O=C(NC[C@]1(O)CCCc2occc21)c1cccc(F)c1. The van der Waals surface area contributed by atoms with E-state index in [0.717, 1.165) is 24.2 Å². The number of benzene rings is 1. The lowest BCUT2D eigenvalue weighted by Crippen LogP contribution is -2.42. The van der Waals surface area contributed by atoms with E-state index >= 15 is 0 Å². The fourth-order valence-corrected chi connectivity index (χ4v) is 2.77. The van der Waals surface area contributed by atoms with Crippen LogP contribution >= 0.6 is 0 Å². The number of furan rings is 1. The third kappa shape index (κ3) is 2.69. The number of hydrogen-bond donors (Lipinski definition) is 2. The number of hydrogen-bond acceptors (Lipinski definition) is 3. The van der Waals surface area contributed by atoms with Crippen LogP contribution in [-0.2, 0) is 12.0 Å². The number of aryl methyl sites for hydroxylation is 1. The molecule has 0 radical (unpaired) electrons. The van der Waals surface area contributed by atoms with E-state index in [1.54, 1.807) is 12.3 Å². The van der Waals surface area contributed by atoms with Crippen molar-refractivity contribution in [2.45, 2.75) is 24.9 Å². The Balaban J connectivity index is 1.72. The lowest BCUT2D eigenvalue weighted by Gasteiger charge is -2.31. The fraction of sp³-hybridized carbons (Fsp3) is 0.312. The zero-order valence-corrected chi connectivity index (χ0v) is 11.4. The molecule has 1 aliphatic carbocycles. The van der Waals surface area contributed by atoms with E-state index in [-0.39, 0.29) is 12.1 Å². The van der Waals surface area contributed by atoms with E-state index in [4.69, 9.17) is 4.42 Å². The van der Waals surface area contributed by atoms with Crippen molar-refractivity contribution < 1.29 is 18.7 Å². The standard InChI is InChI=1S/C16H16FNO3/c17-12-4-1-3-11(9-12)15(19)18-10-16(20)7-2-5-14-13(16)6-8-21-14/h1,3-4,6,8-9,20H,2,5,7,10H2,(H,18,19)/t16-/m1/s1. The van der Waals surface area contributed by atoms with Gasteiger partial charge in [0, 0.05) is 17.5 Å². The molecule has 0 spiro atoms. The molecule has 2 N–H and O–H groups in total. The first-order valence-corrected chi connectivity index (χ1v) is 6.91. The van der Waals surface area contributed by atoms with Crippen molar-refractivity contribution in [3.8, 4) is 0 Å². The Kier molecular flexibility index (Phi) is 3.51. The van der Waals surface area contributed by atoms with Crippen LogP contribution in [0.2, 0.25) is 0 Å². The van der Waals surface area contributed by atoms with Crippen molar-refractivity contribution in [3.05, 3.63) is 59.3 Å². The van der Waals surface area contributed by atoms with E-state index in [0.29, 0.717) is 6.42 Å². The zero-order valence-electron chi connectivity index (χ0n) is 11.4. The summed E-state index contributed by atoms with van der Waals surface area (Å²) in [4.78, 5) is 12.0. The predicted octanol–water partition coefficient (Wildman–Crippen LogP) is 2.37. The minimum Gasteiger partial charge on any atom is -0.469 e. The van der Waals surface area contributed by atoms with E-state index < -0.39 is 17.3 Å². The van der Waals surface area contributed by atoms with Crippen molar-refractivity contribution in [2.24, 2.45) is 0 Å². The molecule has 5 heteroatoms. The smallest absolute Gasteiger partial charge is 0.251 e. The number of rotatable bonds is 3. The summed E-state index contributed by atoms with van der Waals surface area (Å²) in [5.74, 6) is -0.0987. The molecule has 110 valence electrons. The molecule has 1 atom stereocenters. The quantitative estimate of drug-likeness (QED) is 0.912. The Morgan fingerprint density at radius 2 is 2.29 bits per heavy atom. The van der Waals surface area contributed by atoms with Gasteiger partial charge in [0.2, 0.25) is 0 Å². The fourth-order valence-electron chi connectivity index (χ4n) is 2.77. The average molecular weight is 289 g/mol. The Bertz CT molecular complexity index is 667. The molecule has 0 bridgehead atoms. The van der Waals surface area contributed by atoms with Crippen LogP contribution in [0.15, 0.2) is 41.0 Å². The van der Waals surface area contributed by atoms with Gasteiger partial charge in [-0.05, 0) is 37.1 Å². The maximum absolute atomic E-state index is 13.1. The highest BCUT2D eigenvalue weighted by Crippen LogP contribution is 2.35. The molecule has 1 amide bonds. The predicted molar refractivity (Wildman–Crippen MR) is 74.3 cm³/mol.